The molecule has 0 spiro atoms. The van der Waals surface area contributed by atoms with Gasteiger partial charge in [-0.05, 0) is 36.6 Å². The Balaban J connectivity index is 2.10. The van der Waals surface area contributed by atoms with Crippen molar-refractivity contribution in [2.75, 3.05) is 0 Å². The zero-order valence-electron chi connectivity index (χ0n) is 9.18. The standard InChI is InChI=1S/C11H12ClNO3S/c1-7-6-10(7)13-11(14)8-2-4-9(5-3-8)17(12,15)16/h2-5,7,10H,6H2,1H3,(H,13,14). The molecule has 1 saturated carbocycles. The van der Waals surface area contributed by atoms with Crippen LogP contribution < -0.4 is 5.32 Å². The second-order valence-electron chi connectivity index (χ2n) is 4.26. The van der Waals surface area contributed by atoms with Gasteiger partial charge in [-0.25, -0.2) is 8.42 Å². The molecule has 1 fully saturated rings. The van der Waals surface area contributed by atoms with Gasteiger partial charge in [0.2, 0.25) is 0 Å². The van der Waals surface area contributed by atoms with Crippen LogP contribution in [0.2, 0.25) is 0 Å². The molecule has 4 nitrogen and oxygen atoms in total. The summed E-state index contributed by atoms with van der Waals surface area (Å²) in [6.45, 7) is 2.06. The highest BCUT2D eigenvalue weighted by Gasteiger charge is 2.33. The van der Waals surface area contributed by atoms with E-state index in [9.17, 15) is 13.2 Å². The molecule has 92 valence electrons. The van der Waals surface area contributed by atoms with Crippen molar-refractivity contribution in [1.82, 2.24) is 5.32 Å². The summed E-state index contributed by atoms with van der Waals surface area (Å²) in [4.78, 5) is 11.7. The molecule has 1 aliphatic rings. The van der Waals surface area contributed by atoms with Gasteiger partial charge < -0.3 is 5.32 Å². The van der Waals surface area contributed by atoms with E-state index in [4.69, 9.17) is 10.7 Å². The zero-order chi connectivity index (χ0) is 12.6. The molecule has 2 unspecified atom stereocenters. The number of hydrogen-bond donors (Lipinski definition) is 1. The van der Waals surface area contributed by atoms with Gasteiger partial charge in [-0.3, -0.25) is 4.79 Å². The Morgan fingerprint density at radius 2 is 1.88 bits per heavy atom. The second-order valence-corrected chi connectivity index (χ2v) is 6.82. The number of amides is 1. The third kappa shape index (κ3) is 2.98. The first-order valence-electron chi connectivity index (χ1n) is 5.23. The van der Waals surface area contributed by atoms with Crippen molar-refractivity contribution in [3.05, 3.63) is 29.8 Å². The molecule has 0 bridgehead atoms. The van der Waals surface area contributed by atoms with Gasteiger partial charge in [0.15, 0.2) is 0 Å². The van der Waals surface area contributed by atoms with Gasteiger partial charge in [0.25, 0.3) is 15.0 Å². The Bertz CT molecular complexity index is 538. The fourth-order valence-corrected chi connectivity index (χ4v) is 2.31. The Morgan fingerprint density at radius 1 is 1.35 bits per heavy atom. The minimum atomic E-state index is -3.72. The monoisotopic (exact) mass is 273 g/mol. The predicted molar refractivity (Wildman–Crippen MR) is 64.5 cm³/mol. The summed E-state index contributed by atoms with van der Waals surface area (Å²) in [6.07, 6.45) is 1.000. The van der Waals surface area contributed by atoms with Crippen molar-refractivity contribution < 1.29 is 13.2 Å². The maximum atomic E-state index is 11.7. The number of carbonyl (C=O) groups excluding carboxylic acids is 1. The number of halogens is 1. The number of benzene rings is 1. The molecule has 0 aliphatic heterocycles. The van der Waals surface area contributed by atoms with Gasteiger partial charge in [0.1, 0.15) is 0 Å². The molecule has 1 N–H and O–H groups in total. The van der Waals surface area contributed by atoms with Crippen molar-refractivity contribution in [2.45, 2.75) is 24.3 Å². The topological polar surface area (TPSA) is 63.2 Å². The van der Waals surface area contributed by atoms with Gasteiger partial charge in [-0.15, -0.1) is 0 Å². The Kier molecular flexibility index (Phi) is 3.14. The van der Waals surface area contributed by atoms with Crippen molar-refractivity contribution in [1.29, 1.82) is 0 Å². The van der Waals surface area contributed by atoms with Gasteiger partial charge in [0.05, 0.1) is 4.90 Å². The van der Waals surface area contributed by atoms with Gasteiger partial charge in [-0.2, -0.15) is 0 Å². The molecule has 0 radical (unpaired) electrons. The van der Waals surface area contributed by atoms with Crippen LogP contribution in [0.25, 0.3) is 0 Å². The number of carbonyl (C=O) groups is 1. The number of hydrogen-bond acceptors (Lipinski definition) is 3. The normalized spacial score (nSPS) is 23.2. The van der Waals surface area contributed by atoms with E-state index in [1.54, 1.807) is 0 Å². The Labute approximate surface area is 104 Å². The van der Waals surface area contributed by atoms with Gasteiger partial charge in [-0.1, -0.05) is 6.92 Å². The lowest BCUT2D eigenvalue weighted by molar-refractivity contribution is 0.0949. The van der Waals surface area contributed by atoms with E-state index in [2.05, 4.69) is 12.2 Å². The fraction of sp³-hybridized carbons (Fsp3) is 0.364. The van der Waals surface area contributed by atoms with E-state index in [1.165, 1.54) is 24.3 Å². The van der Waals surface area contributed by atoms with E-state index >= 15 is 0 Å². The third-order valence-corrected chi connectivity index (χ3v) is 4.19. The lowest BCUT2D eigenvalue weighted by Gasteiger charge is -2.04. The maximum Gasteiger partial charge on any atom is 0.261 e. The Morgan fingerprint density at radius 3 is 2.29 bits per heavy atom. The average molecular weight is 274 g/mol. The highest BCUT2D eigenvalue weighted by Crippen LogP contribution is 2.29. The molecule has 1 aliphatic carbocycles. The minimum Gasteiger partial charge on any atom is -0.349 e. The van der Waals surface area contributed by atoms with E-state index in [0.717, 1.165) is 6.42 Å². The van der Waals surface area contributed by atoms with Crippen LogP contribution in [-0.4, -0.2) is 20.4 Å². The summed E-state index contributed by atoms with van der Waals surface area (Å²) in [5.41, 5.74) is 0.438. The van der Waals surface area contributed by atoms with E-state index in [1.807, 2.05) is 0 Å². The summed E-state index contributed by atoms with van der Waals surface area (Å²) in [7, 11) is 1.45. The van der Waals surface area contributed by atoms with E-state index < -0.39 is 9.05 Å². The maximum absolute atomic E-state index is 11.7. The molecule has 1 amide bonds. The second kappa shape index (κ2) is 4.31. The fourth-order valence-electron chi connectivity index (χ4n) is 1.54. The number of rotatable bonds is 3. The molecular weight excluding hydrogens is 262 g/mol. The van der Waals surface area contributed by atoms with Crippen LogP contribution in [0.5, 0.6) is 0 Å². The van der Waals surface area contributed by atoms with Crippen LogP contribution in [0.3, 0.4) is 0 Å². The zero-order valence-corrected chi connectivity index (χ0v) is 10.8. The molecule has 1 aromatic carbocycles. The first-order chi connectivity index (χ1) is 7.88. The van der Waals surface area contributed by atoms with Crippen LogP contribution in [0, 0.1) is 5.92 Å². The lowest BCUT2D eigenvalue weighted by Crippen LogP contribution is -2.26. The van der Waals surface area contributed by atoms with Crippen LogP contribution in [-0.2, 0) is 9.05 Å². The summed E-state index contributed by atoms with van der Waals surface area (Å²) in [5.74, 6) is 0.347. The van der Waals surface area contributed by atoms with Crippen molar-refractivity contribution >= 4 is 25.6 Å². The van der Waals surface area contributed by atoms with Gasteiger partial charge in [0, 0.05) is 22.3 Å². The van der Waals surface area contributed by atoms with Crippen molar-refractivity contribution in [2.24, 2.45) is 5.92 Å². The molecule has 1 aromatic rings. The predicted octanol–water partition coefficient (Wildman–Crippen LogP) is 1.75. The summed E-state index contributed by atoms with van der Waals surface area (Å²) in [6, 6.07) is 5.81. The van der Waals surface area contributed by atoms with E-state index in [0.29, 0.717) is 11.5 Å². The summed E-state index contributed by atoms with van der Waals surface area (Å²) in [5, 5.41) is 2.86. The highest BCUT2D eigenvalue weighted by atomic mass is 35.7. The summed E-state index contributed by atoms with van der Waals surface area (Å²) >= 11 is 0. The molecule has 17 heavy (non-hydrogen) atoms. The highest BCUT2D eigenvalue weighted by molar-refractivity contribution is 8.13. The third-order valence-electron chi connectivity index (χ3n) is 2.82. The molecule has 0 saturated heterocycles. The average Bonchev–Trinajstić information content (AvgIpc) is 2.93. The lowest BCUT2D eigenvalue weighted by atomic mass is 10.2. The molecule has 0 heterocycles. The van der Waals surface area contributed by atoms with Crippen LogP contribution in [0.15, 0.2) is 29.2 Å². The SMILES string of the molecule is CC1CC1NC(=O)c1ccc(S(=O)(=O)Cl)cc1. The summed E-state index contributed by atoms with van der Waals surface area (Å²) < 4.78 is 22.0. The molecule has 0 aromatic heterocycles. The first kappa shape index (κ1) is 12.4. The van der Waals surface area contributed by atoms with E-state index in [-0.39, 0.29) is 16.8 Å². The minimum absolute atomic E-state index is 0.00416. The van der Waals surface area contributed by atoms with Crippen molar-refractivity contribution in [3.63, 3.8) is 0 Å². The molecular formula is C11H12ClNO3S. The smallest absolute Gasteiger partial charge is 0.261 e. The molecule has 2 atom stereocenters. The van der Waals surface area contributed by atoms with Gasteiger partial charge >= 0.3 is 0 Å². The van der Waals surface area contributed by atoms with Crippen LogP contribution >= 0.6 is 10.7 Å². The Hall–Kier alpha value is -1.07. The van der Waals surface area contributed by atoms with Crippen LogP contribution in [0.1, 0.15) is 23.7 Å². The largest absolute Gasteiger partial charge is 0.349 e. The number of nitrogens with one attached hydrogen (secondary N) is 1. The first-order valence-corrected chi connectivity index (χ1v) is 7.54. The molecule has 6 heteroatoms. The van der Waals surface area contributed by atoms with Crippen LogP contribution in [0.4, 0.5) is 0 Å². The van der Waals surface area contributed by atoms with Crippen molar-refractivity contribution in [3.8, 4) is 0 Å². The quantitative estimate of drug-likeness (QED) is 0.854. The molecule has 2 rings (SSSR count).